The third kappa shape index (κ3) is 4.39. The van der Waals surface area contributed by atoms with Crippen LogP contribution in [0.1, 0.15) is 30.4 Å². The minimum absolute atomic E-state index is 0.0590. The Kier molecular flexibility index (Phi) is 6.03. The maximum Gasteiger partial charge on any atom is 0.316 e. The zero-order valence-electron chi connectivity index (χ0n) is 16.4. The number of aliphatic hydroxyl groups is 1. The summed E-state index contributed by atoms with van der Waals surface area (Å²) in [6.07, 6.45) is 8.78. The quantitative estimate of drug-likeness (QED) is 0.649. The van der Waals surface area contributed by atoms with Crippen LogP contribution in [0.5, 0.6) is 6.01 Å². The van der Waals surface area contributed by atoms with E-state index < -0.39 is 0 Å². The fourth-order valence-corrected chi connectivity index (χ4v) is 3.66. The number of rotatable bonds is 5. The van der Waals surface area contributed by atoms with Crippen LogP contribution in [-0.2, 0) is 11.2 Å². The second-order valence-electron chi connectivity index (χ2n) is 7.09. The van der Waals surface area contributed by atoms with Gasteiger partial charge in [0.25, 0.3) is 0 Å². The van der Waals surface area contributed by atoms with Crippen molar-refractivity contribution < 1.29 is 14.6 Å². The first kappa shape index (κ1) is 19.4. The first-order valence-corrected chi connectivity index (χ1v) is 9.83. The average Bonchev–Trinajstić information content (AvgIpc) is 3.12. The molecule has 3 aromatic rings. The van der Waals surface area contributed by atoms with Crippen LogP contribution in [0.15, 0.2) is 24.7 Å². The lowest BCUT2D eigenvalue weighted by Gasteiger charge is -2.22. The van der Waals surface area contributed by atoms with Crippen molar-refractivity contribution in [1.82, 2.24) is 19.9 Å². The Balaban J connectivity index is 1.77. The molecule has 1 saturated heterocycles. The lowest BCUT2D eigenvalue weighted by atomic mass is 9.90. The molecule has 1 aliphatic heterocycles. The standard InChI is InChI=1S/C22H24N4O3/c1-28-22-24-13-17(14-25-22)20-18(10-15-5-8-29-9-6-15)19-11-16(4-2-3-7-27)12-23-21(19)26-20/h11-15,27H,3,5-10H2,1H3,(H,23,26). The second kappa shape index (κ2) is 9.03. The smallest absolute Gasteiger partial charge is 0.316 e. The van der Waals surface area contributed by atoms with Gasteiger partial charge in [-0.3, -0.25) is 0 Å². The molecule has 0 spiro atoms. The predicted molar refractivity (Wildman–Crippen MR) is 109 cm³/mol. The SMILES string of the molecule is COc1ncc(-c2[nH]c3ncc(C#CCCO)cc3c2CC2CCOCC2)cn1. The van der Waals surface area contributed by atoms with Crippen LogP contribution in [0.3, 0.4) is 0 Å². The second-order valence-corrected chi connectivity index (χ2v) is 7.09. The number of ether oxygens (including phenoxy) is 2. The van der Waals surface area contributed by atoms with Gasteiger partial charge in [0.1, 0.15) is 5.65 Å². The molecule has 4 heterocycles. The number of aromatic nitrogens is 4. The molecule has 4 rings (SSSR count). The first-order chi connectivity index (χ1) is 14.3. The van der Waals surface area contributed by atoms with Crippen molar-refractivity contribution >= 4 is 11.0 Å². The Bertz CT molecular complexity index is 1030. The van der Waals surface area contributed by atoms with Crippen LogP contribution < -0.4 is 4.74 Å². The number of hydrogen-bond acceptors (Lipinski definition) is 6. The number of nitrogens with one attached hydrogen (secondary N) is 1. The number of aromatic amines is 1. The van der Waals surface area contributed by atoms with Crippen LogP contribution in [0.4, 0.5) is 0 Å². The average molecular weight is 392 g/mol. The van der Waals surface area contributed by atoms with E-state index in [1.54, 1.807) is 25.7 Å². The number of methoxy groups -OCH3 is 1. The lowest BCUT2D eigenvalue weighted by molar-refractivity contribution is 0.0666. The van der Waals surface area contributed by atoms with E-state index in [0.29, 0.717) is 18.3 Å². The third-order valence-electron chi connectivity index (χ3n) is 5.16. The van der Waals surface area contributed by atoms with Gasteiger partial charge in [0.05, 0.1) is 19.4 Å². The van der Waals surface area contributed by atoms with E-state index in [9.17, 15) is 0 Å². The maximum atomic E-state index is 8.96. The highest BCUT2D eigenvalue weighted by atomic mass is 16.5. The van der Waals surface area contributed by atoms with Crippen LogP contribution in [-0.4, -0.2) is 52.0 Å². The Morgan fingerprint density at radius 3 is 2.72 bits per heavy atom. The van der Waals surface area contributed by atoms with Crippen LogP contribution in [0.2, 0.25) is 0 Å². The molecule has 1 aliphatic rings. The van der Waals surface area contributed by atoms with Gasteiger partial charge in [0.15, 0.2) is 0 Å². The van der Waals surface area contributed by atoms with E-state index in [2.05, 4.69) is 37.8 Å². The van der Waals surface area contributed by atoms with Gasteiger partial charge in [-0.25, -0.2) is 15.0 Å². The van der Waals surface area contributed by atoms with Gasteiger partial charge in [0.2, 0.25) is 0 Å². The number of nitrogens with zero attached hydrogens (tertiary/aromatic N) is 3. The van der Waals surface area contributed by atoms with E-state index in [4.69, 9.17) is 14.6 Å². The predicted octanol–water partition coefficient (Wildman–Crippen LogP) is 2.73. The van der Waals surface area contributed by atoms with E-state index in [1.807, 2.05) is 0 Å². The summed E-state index contributed by atoms with van der Waals surface area (Å²) in [6.45, 7) is 1.68. The molecule has 0 unspecified atom stereocenters. The minimum atomic E-state index is 0.0590. The fraction of sp³-hybridized carbons (Fsp3) is 0.409. The van der Waals surface area contributed by atoms with Gasteiger partial charge in [-0.05, 0) is 36.8 Å². The Hall–Kier alpha value is -2.95. The highest BCUT2D eigenvalue weighted by Crippen LogP contribution is 2.33. The molecule has 7 nitrogen and oxygen atoms in total. The molecular formula is C22H24N4O3. The van der Waals surface area contributed by atoms with Crippen molar-refractivity contribution in [3.05, 3.63) is 35.8 Å². The molecule has 7 heteroatoms. The monoisotopic (exact) mass is 392 g/mol. The van der Waals surface area contributed by atoms with E-state index in [0.717, 1.165) is 60.3 Å². The summed E-state index contributed by atoms with van der Waals surface area (Å²) in [5.74, 6) is 6.61. The molecule has 0 saturated carbocycles. The summed E-state index contributed by atoms with van der Waals surface area (Å²) < 4.78 is 10.6. The van der Waals surface area contributed by atoms with E-state index >= 15 is 0 Å². The van der Waals surface area contributed by atoms with Gasteiger partial charge in [0, 0.05) is 54.7 Å². The molecule has 150 valence electrons. The number of hydrogen-bond donors (Lipinski definition) is 2. The molecule has 2 N–H and O–H groups in total. The van der Waals surface area contributed by atoms with Gasteiger partial charge in [-0.1, -0.05) is 11.8 Å². The minimum Gasteiger partial charge on any atom is -0.467 e. The molecule has 0 aromatic carbocycles. The van der Waals surface area contributed by atoms with Crippen molar-refractivity contribution in [2.24, 2.45) is 5.92 Å². The zero-order chi connectivity index (χ0) is 20.1. The third-order valence-corrected chi connectivity index (χ3v) is 5.16. The van der Waals surface area contributed by atoms with Crippen molar-refractivity contribution in [2.75, 3.05) is 26.9 Å². The lowest BCUT2D eigenvalue weighted by Crippen LogP contribution is -2.17. The number of fused-ring (bicyclic) bond motifs is 1. The fourth-order valence-electron chi connectivity index (χ4n) is 3.66. The van der Waals surface area contributed by atoms with Crippen LogP contribution >= 0.6 is 0 Å². The normalized spacial score (nSPS) is 14.6. The van der Waals surface area contributed by atoms with Crippen LogP contribution in [0, 0.1) is 17.8 Å². The van der Waals surface area contributed by atoms with Gasteiger partial charge < -0.3 is 19.6 Å². The summed E-state index contributed by atoms with van der Waals surface area (Å²) in [5, 5.41) is 10.0. The first-order valence-electron chi connectivity index (χ1n) is 9.83. The summed E-state index contributed by atoms with van der Waals surface area (Å²) in [5.41, 5.74) is 4.76. The molecule has 0 aliphatic carbocycles. The number of H-pyrrole nitrogens is 1. The van der Waals surface area contributed by atoms with Gasteiger partial charge in [-0.2, -0.15) is 0 Å². The zero-order valence-corrected chi connectivity index (χ0v) is 16.4. The molecule has 1 fully saturated rings. The maximum absolute atomic E-state index is 8.96. The highest BCUT2D eigenvalue weighted by Gasteiger charge is 2.21. The molecule has 3 aromatic heterocycles. The molecule has 0 bridgehead atoms. The molecule has 0 radical (unpaired) electrons. The van der Waals surface area contributed by atoms with Gasteiger partial charge >= 0.3 is 6.01 Å². The summed E-state index contributed by atoms with van der Waals surface area (Å²) >= 11 is 0. The van der Waals surface area contributed by atoms with Crippen molar-refractivity contribution in [3.63, 3.8) is 0 Å². The van der Waals surface area contributed by atoms with Crippen molar-refractivity contribution in [1.29, 1.82) is 0 Å². The summed E-state index contributed by atoms with van der Waals surface area (Å²) in [6, 6.07) is 2.42. The summed E-state index contributed by atoms with van der Waals surface area (Å²) in [4.78, 5) is 16.6. The molecule has 29 heavy (non-hydrogen) atoms. The van der Waals surface area contributed by atoms with E-state index in [1.165, 1.54) is 5.56 Å². The Morgan fingerprint density at radius 1 is 1.21 bits per heavy atom. The Morgan fingerprint density at radius 2 is 2.00 bits per heavy atom. The molecule has 0 amide bonds. The Labute approximate surface area is 169 Å². The molecular weight excluding hydrogens is 368 g/mol. The van der Waals surface area contributed by atoms with E-state index in [-0.39, 0.29) is 6.61 Å². The largest absolute Gasteiger partial charge is 0.467 e. The summed E-state index contributed by atoms with van der Waals surface area (Å²) in [7, 11) is 1.55. The van der Waals surface area contributed by atoms with Crippen molar-refractivity contribution in [2.45, 2.75) is 25.7 Å². The number of aliphatic hydroxyl groups excluding tert-OH is 1. The highest BCUT2D eigenvalue weighted by molar-refractivity contribution is 5.89. The van der Waals surface area contributed by atoms with Gasteiger partial charge in [-0.15, -0.1) is 0 Å². The topological polar surface area (TPSA) is 93.2 Å². The van der Waals surface area contributed by atoms with Crippen molar-refractivity contribution in [3.8, 4) is 29.1 Å². The molecule has 0 atom stereocenters. The van der Waals surface area contributed by atoms with Crippen LogP contribution in [0.25, 0.3) is 22.3 Å². The number of pyridine rings is 1.